The first-order valence-corrected chi connectivity index (χ1v) is 6.45. The van der Waals surface area contributed by atoms with Crippen molar-refractivity contribution in [3.8, 4) is 0 Å². The number of nitrogens with zero attached hydrogens (tertiary/aromatic N) is 3. The number of halogens is 1. The lowest BCUT2D eigenvalue weighted by Crippen LogP contribution is -1.87. The summed E-state index contributed by atoms with van der Waals surface area (Å²) in [7, 11) is 0. The Morgan fingerprint density at radius 2 is 1.86 bits per heavy atom. The highest BCUT2D eigenvalue weighted by atomic mass is 35.5. The molecule has 21 heavy (non-hydrogen) atoms. The minimum atomic E-state index is -0.532. The van der Waals surface area contributed by atoms with Crippen LogP contribution in [-0.2, 0) is 0 Å². The fraction of sp³-hybridized carbons (Fsp3) is 0. The number of aromatic nitrogens is 1. The molecule has 104 valence electrons. The molecule has 0 bridgehead atoms. The van der Waals surface area contributed by atoms with Gasteiger partial charge >= 0.3 is 0 Å². The second kappa shape index (κ2) is 5.34. The minimum Gasteiger partial charge on any atom is -0.359 e. The molecule has 0 unspecified atom stereocenters. The number of benzene rings is 2. The monoisotopic (exact) mass is 300 g/mol. The van der Waals surface area contributed by atoms with Crippen molar-refractivity contribution < 1.29 is 4.92 Å². The van der Waals surface area contributed by atoms with E-state index in [9.17, 15) is 10.1 Å². The second-order valence-corrected chi connectivity index (χ2v) is 4.75. The van der Waals surface area contributed by atoms with Crippen LogP contribution in [0.1, 0.15) is 0 Å². The van der Waals surface area contributed by atoms with Crippen molar-refractivity contribution in [1.29, 1.82) is 0 Å². The van der Waals surface area contributed by atoms with Crippen LogP contribution in [0.25, 0.3) is 10.9 Å². The first-order chi connectivity index (χ1) is 10.1. The van der Waals surface area contributed by atoms with Crippen molar-refractivity contribution >= 4 is 39.6 Å². The number of nitro benzene ring substituents is 1. The smallest absolute Gasteiger partial charge is 0.298 e. The highest BCUT2D eigenvalue weighted by Crippen LogP contribution is 2.33. The van der Waals surface area contributed by atoms with Gasteiger partial charge in [-0.2, -0.15) is 0 Å². The molecule has 7 heteroatoms. The number of rotatable bonds is 3. The molecule has 0 fully saturated rings. The van der Waals surface area contributed by atoms with Gasteiger partial charge in [0.2, 0.25) is 0 Å². The van der Waals surface area contributed by atoms with Crippen molar-refractivity contribution in [3.05, 3.63) is 63.8 Å². The summed E-state index contributed by atoms with van der Waals surface area (Å²) < 4.78 is 0. The lowest BCUT2D eigenvalue weighted by atomic mass is 10.2. The molecule has 0 spiro atoms. The summed E-state index contributed by atoms with van der Waals surface area (Å²) in [6, 6.07) is 11.9. The Labute approximate surface area is 124 Å². The summed E-state index contributed by atoms with van der Waals surface area (Å²) in [5.74, 6) is 0. The minimum absolute atomic E-state index is 0.162. The maximum absolute atomic E-state index is 11.0. The van der Waals surface area contributed by atoms with Gasteiger partial charge in [0.05, 0.1) is 4.92 Å². The van der Waals surface area contributed by atoms with Crippen LogP contribution in [0, 0.1) is 10.1 Å². The van der Waals surface area contributed by atoms with Gasteiger partial charge in [-0.15, -0.1) is 10.2 Å². The zero-order valence-electron chi connectivity index (χ0n) is 10.7. The van der Waals surface area contributed by atoms with Crippen LogP contribution in [0.15, 0.2) is 58.9 Å². The molecule has 1 aromatic heterocycles. The molecule has 0 atom stereocenters. The van der Waals surface area contributed by atoms with Crippen LogP contribution in [0.4, 0.5) is 17.1 Å². The Morgan fingerprint density at radius 3 is 2.67 bits per heavy atom. The molecular weight excluding hydrogens is 292 g/mol. The maximum atomic E-state index is 11.0. The molecule has 3 aromatic rings. The van der Waals surface area contributed by atoms with Gasteiger partial charge in [-0.1, -0.05) is 29.8 Å². The lowest BCUT2D eigenvalue weighted by Gasteiger charge is -1.96. The Morgan fingerprint density at radius 1 is 1.10 bits per heavy atom. The predicted octanol–water partition coefficient (Wildman–Crippen LogP) is 5.14. The zero-order chi connectivity index (χ0) is 14.8. The number of aromatic amines is 1. The summed E-state index contributed by atoms with van der Waals surface area (Å²) in [6.07, 6.45) is 1.70. The number of azo groups is 1. The number of fused-ring (bicyclic) bond motifs is 1. The zero-order valence-corrected chi connectivity index (χ0v) is 11.4. The van der Waals surface area contributed by atoms with Crippen LogP contribution in [0.2, 0.25) is 5.02 Å². The summed E-state index contributed by atoms with van der Waals surface area (Å²) in [4.78, 5) is 13.5. The third-order valence-corrected chi connectivity index (χ3v) is 3.20. The molecule has 0 saturated heterocycles. The third kappa shape index (κ3) is 2.61. The molecule has 0 saturated carbocycles. The molecule has 0 aliphatic carbocycles. The molecule has 0 radical (unpaired) electrons. The van der Waals surface area contributed by atoms with Crippen molar-refractivity contribution in [2.24, 2.45) is 10.2 Å². The van der Waals surface area contributed by atoms with E-state index in [-0.39, 0.29) is 16.4 Å². The van der Waals surface area contributed by atoms with Crippen LogP contribution < -0.4 is 0 Å². The van der Waals surface area contributed by atoms with Crippen LogP contribution >= 0.6 is 11.6 Å². The van der Waals surface area contributed by atoms with Crippen molar-refractivity contribution in [2.75, 3.05) is 0 Å². The number of nitrogens with one attached hydrogen (secondary N) is 1. The fourth-order valence-electron chi connectivity index (χ4n) is 1.97. The molecule has 0 aliphatic heterocycles. The van der Waals surface area contributed by atoms with E-state index >= 15 is 0 Å². The average molecular weight is 301 g/mol. The highest BCUT2D eigenvalue weighted by molar-refractivity contribution is 6.30. The number of H-pyrrole nitrogens is 1. The van der Waals surface area contributed by atoms with Crippen molar-refractivity contribution in [3.63, 3.8) is 0 Å². The van der Waals surface area contributed by atoms with E-state index in [0.29, 0.717) is 5.69 Å². The van der Waals surface area contributed by atoms with Gasteiger partial charge in [0.25, 0.3) is 5.69 Å². The summed E-state index contributed by atoms with van der Waals surface area (Å²) in [5.41, 5.74) is 1.53. The van der Waals surface area contributed by atoms with Gasteiger partial charge in [0.1, 0.15) is 5.69 Å². The van der Waals surface area contributed by atoms with Gasteiger partial charge in [-0.3, -0.25) is 10.1 Å². The number of hydrogen-bond donors (Lipinski definition) is 1. The summed E-state index contributed by atoms with van der Waals surface area (Å²) in [5, 5.41) is 20.2. The molecule has 0 aliphatic rings. The van der Waals surface area contributed by atoms with E-state index in [1.54, 1.807) is 6.20 Å². The normalized spacial score (nSPS) is 11.3. The Hall–Kier alpha value is -2.73. The van der Waals surface area contributed by atoms with E-state index in [2.05, 4.69) is 15.2 Å². The molecule has 0 amide bonds. The van der Waals surface area contributed by atoms with Gasteiger partial charge in [-0.25, -0.2) is 0 Å². The van der Waals surface area contributed by atoms with Crippen LogP contribution in [0.3, 0.4) is 0 Å². The van der Waals surface area contributed by atoms with E-state index < -0.39 is 4.92 Å². The summed E-state index contributed by atoms with van der Waals surface area (Å²) >= 11 is 5.76. The van der Waals surface area contributed by atoms with Gasteiger partial charge in [0, 0.05) is 28.2 Å². The van der Waals surface area contributed by atoms with Crippen molar-refractivity contribution in [1.82, 2.24) is 4.98 Å². The average Bonchev–Trinajstić information content (AvgIpc) is 2.89. The van der Waals surface area contributed by atoms with Gasteiger partial charge in [-0.05, 0) is 18.2 Å². The Bertz CT molecular complexity index is 857. The SMILES string of the molecule is O=[N+]([O-])c1cc(Cl)ccc1N=Nc1c[nH]c2ccccc12. The fourth-order valence-corrected chi connectivity index (χ4v) is 2.14. The topological polar surface area (TPSA) is 83.7 Å². The van der Waals surface area contributed by atoms with E-state index in [1.165, 1.54) is 18.2 Å². The molecule has 3 rings (SSSR count). The largest absolute Gasteiger partial charge is 0.359 e. The third-order valence-electron chi connectivity index (χ3n) is 2.97. The maximum Gasteiger partial charge on any atom is 0.298 e. The molecular formula is C14H9ClN4O2. The van der Waals surface area contributed by atoms with E-state index in [4.69, 9.17) is 11.6 Å². The van der Waals surface area contributed by atoms with Crippen LogP contribution in [-0.4, -0.2) is 9.91 Å². The molecule has 2 aromatic carbocycles. The molecule has 1 N–H and O–H groups in total. The summed E-state index contributed by atoms with van der Waals surface area (Å²) in [6.45, 7) is 0. The number of nitro groups is 1. The standard InChI is InChI=1S/C14H9ClN4O2/c15-9-5-6-12(14(7-9)19(20)21)17-18-13-8-16-11-4-2-1-3-10(11)13/h1-8,16H. The number of para-hydroxylation sites is 1. The predicted molar refractivity (Wildman–Crippen MR) is 80.6 cm³/mol. The first-order valence-electron chi connectivity index (χ1n) is 6.07. The quantitative estimate of drug-likeness (QED) is 0.412. The highest BCUT2D eigenvalue weighted by Gasteiger charge is 2.14. The van der Waals surface area contributed by atoms with Gasteiger partial charge < -0.3 is 4.98 Å². The Kier molecular flexibility index (Phi) is 3.37. The first kappa shape index (κ1) is 13.3. The van der Waals surface area contributed by atoms with E-state index in [0.717, 1.165) is 10.9 Å². The second-order valence-electron chi connectivity index (χ2n) is 4.31. The van der Waals surface area contributed by atoms with Crippen LogP contribution in [0.5, 0.6) is 0 Å². The van der Waals surface area contributed by atoms with Crippen molar-refractivity contribution in [2.45, 2.75) is 0 Å². The number of hydrogen-bond acceptors (Lipinski definition) is 4. The molecule has 1 heterocycles. The lowest BCUT2D eigenvalue weighted by molar-refractivity contribution is -0.384. The van der Waals surface area contributed by atoms with Gasteiger partial charge in [0.15, 0.2) is 5.69 Å². The van der Waals surface area contributed by atoms with E-state index in [1.807, 2.05) is 24.3 Å². The molecule has 6 nitrogen and oxygen atoms in total. The Balaban J connectivity index is 2.02.